The number of nitrogens with one attached hydrogen (secondary N) is 2. The third kappa shape index (κ3) is 4.58. The molecule has 1 fully saturated rings. The van der Waals surface area contributed by atoms with E-state index in [1.54, 1.807) is 6.92 Å². The smallest absolute Gasteiger partial charge is 0.220 e. The van der Waals surface area contributed by atoms with Crippen molar-refractivity contribution in [1.82, 2.24) is 10.6 Å². The van der Waals surface area contributed by atoms with Crippen LogP contribution in [0.5, 0.6) is 0 Å². The van der Waals surface area contributed by atoms with E-state index < -0.39 is 6.10 Å². The van der Waals surface area contributed by atoms with Gasteiger partial charge in [0.25, 0.3) is 0 Å². The largest absolute Gasteiger partial charge is 0.392 e. The molecule has 1 heterocycles. The first kappa shape index (κ1) is 11.5. The highest BCUT2D eigenvalue weighted by molar-refractivity contribution is 5.76. The Hall–Kier alpha value is -0.610. The predicted octanol–water partition coefficient (Wildman–Crippen LogP) is -0.127. The molecule has 4 nitrogen and oxygen atoms in total. The number of aliphatic hydroxyl groups excluding tert-OH is 1. The van der Waals surface area contributed by atoms with Crippen LogP contribution in [-0.4, -0.2) is 36.8 Å². The van der Waals surface area contributed by atoms with Gasteiger partial charge in [-0.2, -0.15) is 0 Å². The molecular weight excluding hydrogens is 180 g/mol. The zero-order valence-corrected chi connectivity index (χ0v) is 8.75. The number of hydrogen-bond donors (Lipinski definition) is 3. The van der Waals surface area contributed by atoms with Crippen molar-refractivity contribution in [2.24, 2.45) is 5.92 Å². The molecule has 1 aliphatic heterocycles. The van der Waals surface area contributed by atoms with E-state index in [0.717, 1.165) is 25.9 Å². The molecule has 14 heavy (non-hydrogen) atoms. The Morgan fingerprint density at radius 1 is 1.57 bits per heavy atom. The number of hydrogen-bond acceptors (Lipinski definition) is 3. The standard InChI is InChI=1S/C10H20N2O2/c1-8(13)7-12-10(14)6-9-2-4-11-5-3-9/h8-9,11,13H,2-7H2,1H3,(H,12,14)/t8-/m0/s1. The van der Waals surface area contributed by atoms with Gasteiger partial charge in [0.1, 0.15) is 0 Å². The Morgan fingerprint density at radius 2 is 2.21 bits per heavy atom. The summed E-state index contributed by atoms with van der Waals surface area (Å²) in [5.41, 5.74) is 0. The highest BCUT2D eigenvalue weighted by Crippen LogP contribution is 2.15. The van der Waals surface area contributed by atoms with E-state index in [1.807, 2.05) is 0 Å². The Balaban J connectivity index is 2.12. The second-order valence-corrected chi connectivity index (χ2v) is 4.05. The van der Waals surface area contributed by atoms with Crippen molar-refractivity contribution in [3.8, 4) is 0 Å². The van der Waals surface area contributed by atoms with Crippen LogP contribution >= 0.6 is 0 Å². The lowest BCUT2D eigenvalue weighted by atomic mass is 9.94. The quantitative estimate of drug-likeness (QED) is 0.592. The summed E-state index contributed by atoms with van der Waals surface area (Å²) in [5, 5.41) is 15.0. The van der Waals surface area contributed by atoms with E-state index in [-0.39, 0.29) is 5.91 Å². The zero-order chi connectivity index (χ0) is 10.4. The van der Waals surface area contributed by atoms with Crippen LogP contribution in [0.25, 0.3) is 0 Å². The summed E-state index contributed by atoms with van der Waals surface area (Å²) >= 11 is 0. The third-order valence-corrected chi connectivity index (χ3v) is 2.53. The fraction of sp³-hybridized carbons (Fsp3) is 0.900. The van der Waals surface area contributed by atoms with Gasteiger partial charge >= 0.3 is 0 Å². The summed E-state index contributed by atoms with van der Waals surface area (Å²) in [6.45, 7) is 4.08. The summed E-state index contributed by atoms with van der Waals surface area (Å²) in [6, 6.07) is 0. The van der Waals surface area contributed by atoms with Crippen molar-refractivity contribution in [2.45, 2.75) is 32.3 Å². The molecule has 0 saturated carbocycles. The molecule has 82 valence electrons. The molecule has 0 aliphatic carbocycles. The summed E-state index contributed by atoms with van der Waals surface area (Å²) in [6.07, 6.45) is 2.32. The minimum absolute atomic E-state index is 0.0674. The molecule has 0 radical (unpaired) electrons. The fourth-order valence-electron chi connectivity index (χ4n) is 1.68. The van der Waals surface area contributed by atoms with Crippen molar-refractivity contribution < 1.29 is 9.90 Å². The summed E-state index contributed by atoms with van der Waals surface area (Å²) in [7, 11) is 0. The maximum Gasteiger partial charge on any atom is 0.220 e. The maximum absolute atomic E-state index is 11.4. The normalized spacial score (nSPS) is 20.4. The molecule has 0 bridgehead atoms. The second kappa shape index (κ2) is 5.98. The van der Waals surface area contributed by atoms with Gasteiger partial charge in [0.15, 0.2) is 0 Å². The number of aliphatic hydroxyl groups is 1. The lowest BCUT2D eigenvalue weighted by Gasteiger charge is -2.22. The number of piperidine rings is 1. The highest BCUT2D eigenvalue weighted by atomic mass is 16.3. The van der Waals surface area contributed by atoms with Crippen LogP contribution < -0.4 is 10.6 Å². The van der Waals surface area contributed by atoms with Gasteiger partial charge in [0.05, 0.1) is 6.10 Å². The Labute approximate surface area is 85.1 Å². The molecule has 1 amide bonds. The van der Waals surface area contributed by atoms with Crippen LogP contribution in [0.3, 0.4) is 0 Å². The van der Waals surface area contributed by atoms with Gasteiger partial charge < -0.3 is 15.7 Å². The summed E-state index contributed by atoms with van der Waals surface area (Å²) in [4.78, 5) is 11.4. The molecule has 1 aliphatic rings. The van der Waals surface area contributed by atoms with E-state index in [4.69, 9.17) is 5.11 Å². The van der Waals surface area contributed by atoms with Crippen molar-refractivity contribution >= 4 is 5.91 Å². The van der Waals surface area contributed by atoms with Gasteiger partial charge in [0, 0.05) is 13.0 Å². The van der Waals surface area contributed by atoms with Crippen molar-refractivity contribution in [3.63, 3.8) is 0 Å². The molecule has 1 atom stereocenters. The molecule has 1 saturated heterocycles. The second-order valence-electron chi connectivity index (χ2n) is 4.05. The minimum Gasteiger partial charge on any atom is -0.392 e. The Bertz CT molecular complexity index is 177. The van der Waals surface area contributed by atoms with Gasteiger partial charge in [-0.15, -0.1) is 0 Å². The molecule has 4 heteroatoms. The Kier molecular flexibility index (Phi) is 4.90. The van der Waals surface area contributed by atoms with Crippen molar-refractivity contribution in [1.29, 1.82) is 0 Å². The molecule has 1 rings (SSSR count). The lowest BCUT2D eigenvalue weighted by molar-refractivity contribution is -0.122. The number of carbonyl (C=O) groups is 1. The van der Waals surface area contributed by atoms with Gasteiger partial charge in [-0.3, -0.25) is 4.79 Å². The van der Waals surface area contributed by atoms with Crippen LogP contribution in [0.15, 0.2) is 0 Å². The molecule has 0 aromatic carbocycles. The molecular formula is C10H20N2O2. The topological polar surface area (TPSA) is 61.4 Å². The van der Waals surface area contributed by atoms with Crippen molar-refractivity contribution in [3.05, 3.63) is 0 Å². The zero-order valence-electron chi connectivity index (χ0n) is 8.75. The van der Waals surface area contributed by atoms with E-state index >= 15 is 0 Å². The van der Waals surface area contributed by atoms with Crippen LogP contribution in [0.4, 0.5) is 0 Å². The van der Waals surface area contributed by atoms with Crippen molar-refractivity contribution in [2.75, 3.05) is 19.6 Å². The average Bonchev–Trinajstić information content (AvgIpc) is 2.16. The van der Waals surface area contributed by atoms with E-state index in [2.05, 4.69) is 10.6 Å². The van der Waals surface area contributed by atoms with Crippen LogP contribution in [0.1, 0.15) is 26.2 Å². The van der Waals surface area contributed by atoms with E-state index in [1.165, 1.54) is 0 Å². The SMILES string of the molecule is C[C@H](O)CNC(=O)CC1CCNCC1. The van der Waals surface area contributed by atoms with Crippen LogP contribution in [-0.2, 0) is 4.79 Å². The predicted molar refractivity (Wildman–Crippen MR) is 54.9 cm³/mol. The first-order valence-corrected chi connectivity index (χ1v) is 5.34. The fourth-order valence-corrected chi connectivity index (χ4v) is 1.68. The van der Waals surface area contributed by atoms with Crippen LogP contribution in [0.2, 0.25) is 0 Å². The van der Waals surface area contributed by atoms with Gasteiger partial charge in [-0.1, -0.05) is 0 Å². The monoisotopic (exact) mass is 200 g/mol. The molecule has 0 spiro atoms. The number of carbonyl (C=O) groups excluding carboxylic acids is 1. The maximum atomic E-state index is 11.4. The Morgan fingerprint density at radius 3 is 2.79 bits per heavy atom. The average molecular weight is 200 g/mol. The third-order valence-electron chi connectivity index (χ3n) is 2.53. The first-order valence-electron chi connectivity index (χ1n) is 5.34. The summed E-state index contributed by atoms with van der Waals surface area (Å²) in [5.74, 6) is 0.586. The van der Waals surface area contributed by atoms with E-state index in [0.29, 0.717) is 18.9 Å². The molecule has 0 unspecified atom stereocenters. The van der Waals surface area contributed by atoms with E-state index in [9.17, 15) is 4.79 Å². The first-order chi connectivity index (χ1) is 6.68. The highest BCUT2D eigenvalue weighted by Gasteiger charge is 2.16. The molecule has 3 N–H and O–H groups in total. The number of rotatable bonds is 4. The van der Waals surface area contributed by atoms with Crippen LogP contribution in [0, 0.1) is 5.92 Å². The van der Waals surface area contributed by atoms with Gasteiger partial charge in [-0.25, -0.2) is 0 Å². The lowest BCUT2D eigenvalue weighted by Crippen LogP contribution is -2.34. The van der Waals surface area contributed by atoms with Gasteiger partial charge in [-0.05, 0) is 38.8 Å². The minimum atomic E-state index is -0.452. The van der Waals surface area contributed by atoms with Gasteiger partial charge in [0.2, 0.25) is 5.91 Å². The summed E-state index contributed by atoms with van der Waals surface area (Å²) < 4.78 is 0. The molecule has 0 aromatic heterocycles. The molecule has 0 aromatic rings. The number of amides is 1.